The predicted octanol–water partition coefficient (Wildman–Crippen LogP) is 2.59. The normalized spacial score (nSPS) is 27.6. The van der Waals surface area contributed by atoms with Gasteiger partial charge in [0.15, 0.2) is 0 Å². The van der Waals surface area contributed by atoms with Gasteiger partial charge in [-0.05, 0) is 13.0 Å². The first-order valence-corrected chi connectivity index (χ1v) is 6.01. The first kappa shape index (κ1) is 9.99. The Balaban J connectivity index is 2.18. The van der Waals surface area contributed by atoms with E-state index in [0.717, 1.165) is 17.1 Å². The Morgan fingerprint density at radius 3 is 2.86 bits per heavy atom. The van der Waals surface area contributed by atoms with Gasteiger partial charge < -0.3 is 5.32 Å². The third-order valence-corrected chi connectivity index (χ3v) is 3.72. The maximum atomic E-state index is 13.5. The van der Waals surface area contributed by atoms with E-state index in [1.807, 2.05) is 23.9 Å². The molecule has 1 aromatic carbocycles. The Morgan fingerprint density at radius 2 is 2.14 bits per heavy atom. The van der Waals surface area contributed by atoms with Crippen molar-refractivity contribution in [2.75, 3.05) is 11.5 Å². The van der Waals surface area contributed by atoms with Gasteiger partial charge in [-0.25, -0.2) is 4.39 Å². The second-order valence-electron chi connectivity index (χ2n) is 3.68. The van der Waals surface area contributed by atoms with Crippen LogP contribution in [-0.4, -0.2) is 17.5 Å². The zero-order valence-electron chi connectivity index (χ0n) is 8.16. The lowest BCUT2D eigenvalue weighted by atomic mass is 10.1. The van der Waals surface area contributed by atoms with Gasteiger partial charge in [0.05, 0.1) is 0 Å². The molecule has 2 unspecified atom stereocenters. The highest BCUT2D eigenvalue weighted by Crippen LogP contribution is 2.25. The smallest absolute Gasteiger partial charge is 0.128 e. The molecule has 1 aliphatic rings. The van der Waals surface area contributed by atoms with Gasteiger partial charge in [0.25, 0.3) is 0 Å². The van der Waals surface area contributed by atoms with Gasteiger partial charge >= 0.3 is 0 Å². The molecule has 0 aliphatic carbocycles. The van der Waals surface area contributed by atoms with Gasteiger partial charge in [-0.15, -0.1) is 0 Å². The molecule has 0 aromatic heterocycles. The summed E-state index contributed by atoms with van der Waals surface area (Å²) in [4.78, 5) is 0. The number of hydrogen-bond donors (Lipinski definition) is 1. The molecule has 1 nitrogen and oxygen atoms in total. The molecule has 1 N–H and O–H groups in total. The molecule has 14 heavy (non-hydrogen) atoms. The molecule has 2 atom stereocenters. The van der Waals surface area contributed by atoms with Gasteiger partial charge in [-0.3, -0.25) is 0 Å². The van der Waals surface area contributed by atoms with Gasteiger partial charge in [-0.2, -0.15) is 11.8 Å². The van der Waals surface area contributed by atoms with Crippen LogP contribution in [0.5, 0.6) is 0 Å². The molecule has 1 fully saturated rings. The van der Waals surface area contributed by atoms with Gasteiger partial charge in [0.2, 0.25) is 0 Å². The van der Waals surface area contributed by atoms with Crippen LogP contribution in [0.3, 0.4) is 0 Å². The van der Waals surface area contributed by atoms with Crippen LogP contribution < -0.4 is 5.32 Å². The SMILES string of the molecule is CC1CSCC(c2ccccc2F)N1. The summed E-state index contributed by atoms with van der Waals surface area (Å²) in [6, 6.07) is 7.66. The molecular weight excluding hydrogens is 197 g/mol. The zero-order valence-corrected chi connectivity index (χ0v) is 8.98. The van der Waals surface area contributed by atoms with Gasteiger partial charge in [0.1, 0.15) is 5.82 Å². The molecule has 0 amide bonds. The van der Waals surface area contributed by atoms with Crippen molar-refractivity contribution >= 4 is 11.8 Å². The second-order valence-corrected chi connectivity index (χ2v) is 4.75. The quantitative estimate of drug-likeness (QED) is 0.766. The van der Waals surface area contributed by atoms with E-state index >= 15 is 0 Å². The Labute approximate surface area is 88.1 Å². The summed E-state index contributed by atoms with van der Waals surface area (Å²) in [5.74, 6) is 1.98. The van der Waals surface area contributed by atoms with Gasteiger partial charge in [0, 0.05) is 29.2 Å². The fourth-order valence-electron chi connectivity index (χ4n) is 1.74. The number of rotatable bonds is 1. The topological polar surface area (TPSA) is 12.0 Å². The van der Waals surface area contributed by atoms with Crippen LogP contribution >= 0.6 is 11.8 Å². The molecule has 1 aromatic rings. The van der Waals surface area contributed by atoms with E-state index < -0.39 is 0 Å². The summed E-state index contributed by atoms with van der Waals surface area (Å²) in [7, 11) is 0. The van der Waals surface area contributed by atoms with Gasteiger partial charge in [-0.1, -0.05) is 18.2 Å². The first-order chi connectivity index (χ1) is 6.77. The molecule has 76 valence electrons. The second kappa shape index (κ2) is 4.32. The maximum Gasteiger partial charge on any atom is 0.128 e. The average molecular weight is 211 g/mol. The van der Waals surface area contributed by atoms with Crippen molar-refractivity contribution in [2.45, 2.75) is 19.0 Å². The minimum absolute atomic E-state index is 0.0975. The summed E-state index contributed by atoms with van der Waals surface area (Å²) < 4.78 is 13.5. The van der Waals surface area contributed by atoms with E-state index in [9.17, 15) is 4.39 Å². The first-order valence-electron chi connectivity index (χ1n) is 4.85. The minimum atomic E-state index is -0.0975. The molecule has 0 radical (unpaired) electrons. The van der Waals surface area contributed by atoms with Crippen LogP contribution in [0.4, 0.5) is 4.39 Å². The number of hydrogen-bond acceptors (Lipinski definition) is 2. The largest absolute Gasteiger partial charge is 0.306 e. The van der Waals surface area contributed by atoms with E-state index in [1.165, 1.54) is 6.07 Å². The molecule has 0 saturated carbocycles. The van der Waals surface area contributed by atoms with Crippen molar-refractivity contribution in [1.82, 2.24) is 5.32 Å². The van der Waals surface area contributed by atoms with Crippen molar-refractivity contribution in [3.63, 3.8) is 0 Å². The Hall–Kier alpha value is -0.540. The lowest BCUT2D eigenvalue weighted by Gasteiger charge is -2.28. The maximum absolute atomic E-state index is 13.5. The van der Waals surface area contributed by atoms with E-state index in [0.29, 0.717) is 6.04 Å². The fraction of sp³-hybridized carbons (Fsp3) is 0.455. The van der Waals surface area contributed by atoms with Crippen molar-refractivity contribution < 1.29 is 4.39 Å². The van der Waals surface area contributed by atoms with Crippen LogP contribution in [0.15, 0.2) is 24.3 Å². The van der Waals surface area contributed by atoms with Crippen molar-refractivity contribution in [2.24, 2.45) is 0 Å². The Bertz CT molecular complexity index is 316. The standard InChI is InChI=1S/C11H14FNS/c1-8-6-14-7-11(13-8)9-4-2-3-5-10(9)12/h2-5,8,11,13H,6-7H2,1H3. The number of benzene rings is 1. The molecular formula is C11H14FNS. The van der Waals surface area contributed by atoms with Crippen LogP contribution in [0.1, 0.15) is 18.5 Å². The monoisotopic (exact) mass is 211 g/mol. The van der Waals surface area contributed by atoms with Crippen molar-refractivity contribution in [3.8, 4) is 0 Å². The summed E-state index contributed by atoms with van der Waals surface area (Å²) in [5, 5.41) is 3.41. The Kier molecular flexibility index (Phi) is 3.08. The third kappa shape index (κ3) is 2.10. The zero-order chi connectivity index (χ0) is 9.97. The molecule has 1 saturated heterocycles. The number of halogens is 1. The predicted molar refractivity (Wildman–Crippen MR) is 59.1 cm³/mol. The van der Waals surface area contributed by atoms with Crippen molar-refractivity contribution in [1.29, 1.82) is 0 Å². The molecule has 1 heterocycles. The fourth-order valence-corrected chi connectivity index (χ4v) is 2.84. The van der Waals surface area contributed by atoms with Crippen LogP contribution in [0, 0.1) is 5.82 Å². The average Bonchev–Trinajstić information content (AvgIpc) is 2.18. The highest BCUT2D eigenvalue weighted by molar-refractivity contribution is 7.99. The highest BCUT2D eigenvalue weighted by Gasteiger charge is 2.21. The number of thioether (sulfide) groups is 1. The van der Waals surface area contributed by atoms with Crippen molar-refractivity contribution in [3.05, 3.63) is 35.6 Å². The summed E-state index contributed by atoms with van der Waals surface area (Å²) in [6.45, 7) is 2.14. The van der Waals surface area contributed by atoms with E-state index in [1.54, 1.807) is 6.07 Å². The Morgan fingerprint density at radius 1 is 1.36 bits per heavy atom. The van der Waals surface area contributed by atoms with E-state index in [-0.39, 0.29) is 11.9 Å². The van der Waals surface area contributed by atoms with E-state index in [4.69, 9.17) is 0 Å². The lowest BCUT2D eigenvalue weighted by Crippen LogP contribution is -2.38. The lowest BCUT2D eigenvalue weighted by molar-refractivity contribution is 0.480. The van der Waals surface area contributed by atoms with E-state index in [2.05, 4.69) is 12.2 Å². The summed E-state index contributed by atoms with van der Waals surface area (Å²) in [5.41, 5.74) is 0.798. The molecule has 0 spiro atoms. The molecule has 1 aliphatic heterocycles. The molecule has 2 rings (SSSR count). The minimum Gasteiger partial charge on any atom is -0.306 e. The molecule has 0 bridgehead atoms. The van der Waals surface area contributed by atoms with Crippen LogP contribution in [0.25, 0.3) is 0 Å². The third-order valence-electron chi connectivity index (χ3n) is 2.42. The van der Waals surface area contributed by atoms with Crippen LogP contribution in [0.2, 0.25) is 0 Å². The van der Waals surface area contributed by atoms with Crippen LogP contribution in [-0.2, 0) is 0 Å². The number of nitrogens with one attached hydrogen (secondary N) is 1. The molecule has 3 heteroatoms. The highest BCUT2D eigenvalue weighted by atomic mass is 32.2. The summed E-state index contributed by atoms with van der Waals surface area (Å²) >= 11 is 1.89. The summed E-state index contributed by atoms with van der Waals surface area (Å²) in [6.07, 6.45) is 0.